The van der Waals surface area contributed by atoms with Crippen LogP contribution in [-0.2, 0) is 10.0 Å². The Hall–Kier alpha value is -1.38. The SMILES string of the molecule is O=C(NCCCO)c1cc(S(=O)(=O)N2CCCC2)c[nH]1. The summed E-state index contributed by atoms with van der Waals surface area (Å²) in [5.41, 5.74) is 0.209. The lowest BCUT2D eigenvalue weighted by atomic mass is 10.4. The van der Waals surface area contributed by atoms with Gasteiger partial charge in [0.15, 0.2) is 0 Å². The van der Waals surface area contributed by atoms with Gasteiger partial charge in [-0.1, -0.05) is 0 Å². The number of aliphatic hydroxyl groups is 1. The van der Waals surface area contributed by atoms with Gasteiger partial charge in [0.25, 0.3) is 5.91 Å². The highest BCUT2D eigenvalue weighted by atomic mass is 32.2. The molecule has 0 radical (unpaired) electrons. The van der Waals surface area contributed by atoms with E-state index in [1.54, 1.807) is 0 Å². The van der Waals surface area contributed by atoms with Gasteiger partial charge in [0, 0.05) is 32.4 Å². The van der Waals surface area contributed by atoms with E-state index in [9.17, 15) is 13.2 Å². The summed E-state index contributed by atoms with van der Waals surface area (Å²) in [7, 11) is -3.49. The van der Waals surface area contributed by atoms with Gasteiger partial charge in [0.05, 0.1) is 0 Å². The normalized spacial score (nSPS) is 16.4. The van der Waals surface area contributed by atoms with Gasteiger partial charge in [-0.2, -0.15) is 4.31 Å². The van der Waals surface area contributed by atoms with Crippen molar-refractivity contribution >= 4 is 15.9 Å². The van der Waals surface area contributed by atoms with Gasteiger partial charge < -0.3 is 15.4 Å². The zero-order valence-electron chi connectivity index (χ0n) is 11.1. The molecule has 0 unspecified atom stereocenters. The third kappa shape index (κ3) is 3.20. The number of hydrogen-bond acceptors (Lipinski definition) is 4. The molecule has 1 aromatic heterocycles. The molecule has 3 N–H and O–H groups in total. The molecule has 2 rings (SSSR count). The molecule has 0 aliphatic carbocycles. The third-order valence-electron chi connectivity index (χ3n) is 3.22. The van der Waals surface area contributed by atoms with E-state index < -0.39 is 10.0 Å². The summed E-state index contributed by atoms with van der Waals surface area (Å²) in [6.07, 6.45) is 3.55. The van der Waals surface area contributed by atoms with Crippen LogP contribution < -0.4 is 5.32 Å². The number of sulfonamides is 1. The van der Waals surface area contributed by atoms with Crippen molar-refractivity contribution in [1.29, 1.82) is 0 Å². The smallest absolute Gasteiger partial charge is 0.267 e. The molecule has 8 heteroatoms. The van der Waals surface area contributed by atoms with Gasteiger partial charge in [-0.05, 0) is 25.3 Å². The molecule has 1 amide bonds. The van der Waals surface area contributed by atoms with E-state index >= 15 is 0 Å². The number of hydrogen-bond donors (Lipinski definition) is 3. The summed E-state index contributed by atoms with van der Waals surface area (Å²) in [6, 6.07) is 1.35. The maximum absolute atomic E-state index is 12.3. The Kier molecular flexibility index (Phi) is 4.79. The number of carbonyl (C=O) groups excluding carboxylic acids is 1. The van der Waals surface area contributed by atoms with Crippen LogP contribution in [0.1, 0.15) is 29.8 Å². The molecule has 1 saturated heterocycles. The molecule has 2 heterocycles. The molecule has 0 spiro atoms. The first-order valence-electron chi connectivity index (χ1n) is 6.63. The van der Waals surface area contributed by atoms with E-state index in [2.05, 4.69) is 10.3 Å². The molecule has 7 nitrogen and oxygen atoms in total. The molecular weight excluding hydrogens is 282 g/mol. The lowest BCUT2D eigenvalue weighted by molar-refractivity contribution is 0.0946. The molecule has 0 bridgehead atoms. The maximum atomic E-state index is 12.3. The summed E-state index contributed by atoms with van der Waals surface area (Å²) in [5, 5.41) is 11.2. The summed E-state index contributed by atoms with van der Waals surface area (Å²) in [5.74, 6) is -0.374. The molecule has 0 aromatic carbocycles. The van der Waals surface area contributed by atoms with Gasteiger partial charge in [0.2, 0.25) is 10.0 Å². The number of rotatable bonds is 6. The van der Waals surface area contributed by atoms with Gasteiger partial charge in [0.1, 0.15) is 10.6 Å². The average molecular weight is 301 g/mol. The number of aliphatic hydroxyl groups excluding tert-OH is 1. The number of aromatic nitrogens is 1. The summed E-state index contributed by atoms with van der Waals surface area (Å²) in [6.45, 7) is 1.42. The first kappa shape index (κ1) is 15.0. The van der Waals surface area contributed by atoms with Crippen molar-refractivity contribution in [3.63, 3.8) is 0 Å². The van der Waals surface area contributed by atoms with Crippen molar-refractivity contribution in [3.8, 4) is 0 Å². The number of carbonyl (C=O) groups is 1. The van der Waals surface area contributed by atoms with Crippen molar-refractivity contribution in [2.24, 2.45) is 0 Å². The van der Waals surface area contributed by atoms with Crippen LogP contribution in [0.3, 0.4) is 0 Å². The van der Waals surface area contributed by atoms with Crippen LogP contribution in [0, 0.1) is 0 Å². The van der Waals surface area contributed by atoms with Crippen molar-refractivity contribution in [2.45, 2.75) is 24.2 Å². The molecule has 20 heavy (non-hydrogen) atoms. The van der Waals surface area contributed by atoms with Crippen LogP contribution in [-0.4, -0.2) is 55.0 Å². The molecule has 1 aliphatic rings. The van der Waals surface area contributed by atoms with Crippen molar-refractivity contribution in [2.75, 3.05) is 26.2 Å². The lowest BCUT2D eigenvalue weighted by Crippen LogP contribution is -2.27. The quantitative estimate of drug-likeness (QED) is 0.639. The van der Waals surface area contributed by atoms with E-state index in [1.807, 2.05) is 0 Å². The summed E-state index contributed by atoms with van der Waals surface area (Å²) >= 11 is 0. The van der Waals surface area contributed by atoms with Gasteiger partial charge in [-0.3, -0.25) is 4.79 Å². The van der Waals surface area contributed by atoms with E-state index in [4.69, 9.17) is 5.11 Å². The van der Waals surface area contributed by atoms with Gasteiger partial charge >= 0.3 is 0 Å². The number of amides is 1. The van der Waals surface area contributed by atoms with Gasteiger partial charge in [-0.15, -0.1) is 0 Å². The van der Waals surface area contributed by atoms with E-state index in [0.29, 0.717) is 26.1 Å². The highest BCUT2D eigenvalue weighted by molar-refractivity contribution is 7.89. The maximum Gasteiger partial charge on any atom is 0.267 e. The summed E-state index contributed by atoms with van der Waals surface area (Å²) < 4.78 is 26.0. The first-order valence-corrected chi connectivity index (χ1v) is 8.07. The largest absolute Gasteiger partial charge is 0.396 e. The lowest BCUT2D eigenvalue weighted by Gasteiger charge is -2.13. The highest BCUT2D eigenvalue weighted by Gasteiger charge is 2.28. The van der Waals surface area contributed by atoms with E-state index in [-0.39, 0.29) is 23.1 Å². The second-order valence-electron chi connectivity index (χ2n) is 4.69. The van der Waals surface area contributed by atoms with E-state index in [1.165, 1.54) is 16.6 Å². The zero-order valence-corrected chi connectivity index (χ0v) is 11.9. The standard InChI is InChI=1S/C12H19N3O4S/c16-7-3-4-13-12(17)11-8-10(9-14-11)20(18,19)15-5-1-2-6-15/h8-9,14,16H,1-7H2,(H,13,17). The van der Waals surface area contributed by atoms with Crippen LogP contribution in [0.25, 0.3) is 0 Å². The molecule has 0 atom stereocenters. The highest BCUT2D eigenvalue weighted by Crippen LogP contribution is 2.21. The molecular formula is C12H19N3O4S. The fraction of sp³-hybridized carbons (Fsp3) is 0.583. The van der Waals surface area contributed by atoms with Crippen molar-refractivity contribution < 1.29 is 18.3 Å². The van der Waals surface area contributed by atoms with Gasteiger partial charge in [-0.25, -0.2) is 8.42 Å². The van der Waals surface area contributed by atoms with Crippen molar-refractivity contribution in [3.05, 3.63) is 18.0 Å². The van der Waals surface area contributed by atoms with Crippen LogP contribution >= 0.6 is 0 Å². The predicted octanol–water partition coefficient (Wildman–Crippen LogP) is -0.0886. The van der Waals surface area contributed by atoms with E-state index in [0.717, 1.165) is 12.8 Å². The average Bonchev–Trinajstić information content (AvgIpc) is 3.10. The monoisotopic (exact) mass is 301 g/mol. The topological polar surface area (TPSA) is 102 Å². The minimum Gasteiger partial charge on any atom is -0.396 e. The number of nitrogens with one attached hydrogen (secondary N) is 2. The minimum atomic E-state index is -3.49. The minimum absolute atomic E-state index is 0.000401. The van der Waals surface area contributed by atoms with Crippen LogP contribution in [0.2, 0.25) is 0 Å². The Balaban J connectivity index is 2.06. The molecule has 1 aliphatic heterocycles. The zero-order chi connectivity index (χ0) is 14.6. The Morgan fingerprint density at radius 2 is 2.10 bits per heavy atom. The Labute approximate surface area is 118 Å². The summed E-state index contributed by atoms with van der Waals surface area (Å²) in [4.78, 5) is 14.5. The second kappa shape index (κ2) is 6.38. The molecule has 0 saturated carbocycles. The van der Waals surface area contributed by atoms with Crippen LogP contribution in [0.4, 0.5) is 0 Å². The molecule has 112 valence electrons. The fourth-order valence-electron chi connectivity index (χ4n) is 2.11. The Morgan fingerprint density at radius 3 is 2.75 bits per heavy atom. The molecule has 1 fully saturated rings. The van der Waals surface area contributed by atoms with Crippen molar-refractivity contribution in [1.82, 2.24) is 14.6 Å². The Morgan fingerprint density at radius 1 is 1.40 bits per heavy atom. The van der Waals surface area contributed by atoms with Crippen LogP contribution in [0.5, 0.6) is 0 Å². The molecule has 1 aromatic rings. The number of aromatic amines is 1. The predicted molar refractivity (Wildman–Crippen MR) is 72.8 cm³/mol. The Bertz CT molecular complexity index is 561. The van der Waals surface area contributed by atoms with Crippen LogP contribution in [0.15, 0.2) is 17.2 Å². The number of nitrogens with zero attached hydrogens (tertiary/aromatic N) is 1. The third-order valence-corrected chi connectivity index (χ3v) is 5.10. The first-order chi connectivity index (χ1) is 9.55. The fourth-order valence-corrected chi connectivity index (χ4v) is 3.62. The second-order valence-corrected chi connectivity index (χ2v) is 6.63. The number of H-pyrrole nitrogens is 1.